The Morgan fingerprint density at radius 1 is 1.03 bits per heavy atom. The average molecular weight is 471 g/mol. The molecule has 1 saturated carbocycles. The molecule has 1 N–H and O–H groups in total. The van der Waals surface area contributed by atoms with E-state index in [-0.39, 0.29) is 11.6 Å². The Bertz CT molecular complexity index is 1350. The van der Waals surface area contributed by atoms with Gasteiger partial charge in [-0.2, -0.15) is 0 Å². The smallest absolute Gasteiger partial charge is 0.252 e. The van der Waals surface area contributed by atoms with E-state index in [1.807, 2.05) is 19.1 Å². The van der Waals surface area contributed by atoms with Gasteiger partial charge in [-0.1, -0.05) is 61.7 Å². The van der Waals surface area contributed by atoms with Crippen LogP contribution in [0.2, 0.25) is 0 Å². The number of nitrogens with one attached hydrogen (secondary N) is 1. The second-order valence-electron chi connectivity index (χ2n) is 9.95. The van der Waals surface area contributed by atoms with E-state index in [1.165, 1.54) is 24.0 Å². The molecule has 0 aliphatic heterocycles. The zero-order chi connectivity index (χ0) is 24.4. The lowest BCUT2D eigenvalue weighted by Gasteiger charge is -2.31. The van der Waals surface area contributed by atoms with Crippen LogP contribution < -0.4 is 5.56 Å². The molecule has 35 heavy (non-hydrogen) atoms. The Balaban J connectivity index is 1.53. The van der Waals surface area contributed by atoms with Crippen molar-refractivity contribution in [1.29, 1.82) is 0 Å². The zero-order valence-corrected chi connectivity index (χ0v) is 20.9. The molecule has 1 atom stereocenters. The fraction of sp³-hybridized carbons (Fsp3) is 0.429. The van der Waals surface area contributed by atoms with Crippen LogP contribution >= 0.6 is 0 Å². The van der Waals surface area contributed by atoms with E-state index >= 15 is 0 Å². The number of hydrogen-bond acceptors (Lipinski definition) is 5. The summed E-state index contributed by atoms with van der Waals surface area (Å²) in [6.45, 7) is 7.54. The Hall–Kier alpha value is -3.32. The predicted molar refractivity (Wildman–Crippen MR) is 138 cm³/mol. The molecule has 2 aromatic carbocycles. The second-order valence-corrected chi connectivity index (χ2v) is 9.95. The van der Waals surface area contributed by atoms with E-state index in [9.17, 15) is 4.79 Å². The van der Waals surface area contributed by atoms with Crippen LogP contribution in [0, 0.1) is 13.8 Å². The van der Waals surface area contributed by atoms with Crippen molar-refractivity contribution < 1.29 is 0 Å². The number of rotatable bonds is 8. The van der Waals surface area contributed by atoms with Gasteiger partial charge in [0, 0.05) is 24.2 Å². The Morgan fingerprint density at radius 3 is 2.51 bits per heavy atom. The first kappa shape index (κ1) is 23.4. The number of benzene rings is 2. The molecule has 1 aliphatic carbocycles. The zero-order valence-electron chi connectivity index (χ0n) is 20.9. The van der Waals surface area contributed by atoms with E-state index < -0.39 is 0 Å². The molecule has 0 bridgehead atoms. The van der Waals surface area contributed by atoms with Gasteiger partial charge in [-0.25, -0.2) is 4.68 Å². The lowest BCUT2D eigenvalue weighted by atomic mass is 10.1. The summed E-state index contributed by atoms with van der Waals surface area (Å²) >= 11 is 0. The Kier molecular flexibility index (Phi) is 6.77. The summed E-state index contributed by atoms with van der Waals surface area (Å²) in [6.07, 6.45) is 5.54. The molecule has 0 saturated heterocycles. The summed E-state index contributed by atoms with van der Waals surface area (Å²) < 4.78 is 2.05. The summed E-state index contributed by atoms with van der Waals surface area (Å²) in [5.41, 5.74) is 5.17. The van der Waals surface area contributed by atoms with Gasteiger partial charge < -0.3 is 4.98 Å². The number of tetrazole rings is 1. The van der Waals surface area contributed by atoms with Crippen molar-refractivity contribution in [2.75, 3.05) is 0 Å². The summed E-state index contributed by atoms with van der Waals surface area (Å²) in [5, 5.41) is 14.0. The number of H-pyrrole nitrogens is 1. The first-order valence-electron chi connectivity index (χ1n) is 12.7. The van der Waals surface area contributed by atoms with Gasteiger partial charge in [0.2, 0.25) is 0 Å². The van der Waals surface area contributed by atoms with E-state index in [2.05, 4.69) is 80.3 Å². The molecule has 7 nitrogen and oxygen atoms in total. The first-order valence-corrected chi connectivity index (χ1v) is 12.7. The molecule has 0 radical (unpaired) electrons. The number of aromatic amines is 1. The summed E-state index contributed by atoms with van der Waals surface area (Å²) in [5.74, 6) is 0.902. The molecule has 1 unspecified atom stereocenters. The van der Waals surface area contributed by atoms with E-state index in [0.717, 1.165) is 47.1 Å². The van der Waals surface area contributed by atoms with Gasteiger partial charge >= 0.3 is 0 Å². The molecule has 1 fully saturated rings. The fourth-order valence-corrected chi connectivity index (χ4v) is 5.33. The van der Waals surface area contributed by atoms with Crippen molar-refractivity contribution in [3.05, 3.63) is 87.0 Å². The third-order valence-electron chi connectivity index (χ3n) is 7.27. The van der Waals surface area contributed by atoms with Gasteiger partial charge in [0.1, 0.15) is 0 Å². The monoisotopic (exact) mass is 470 g/mol. The summed E-state index contributed by atoms with van der Waals surface area (Å²) in [7, 11) is 0. The van der Waals surface area contributed by atoms with Crippen molar-refractivity contribution in [2.24, 2.45) is 0 Å². The van der Waals surface area contributed by atoms with Crippen LogP contribution in [-0.2, 0) is 13.1 Å². The van der Waals surface area contributed by atoms with Crippen molar-refractivity contribution >= 4 is 10.9 Å². The van der Waals surface area contributed by atoms with Crippen molar-refractivity contribution in [1.82, 2.24) is 30.1 Å². The topological polar surface area (TPSA) is 79.7 Å². The molecule has 7 heteroatoms. The molecular weight excluding hydrogens is 436 g/mol. The first-order chi connectivity index (χ1) is 17.0. The standard InChI is InChI=1S/C28H34N6O/c1-4-26(27-30-31-32-34(27)24-7-5-6-8-24)33(17-21-12-9-19(2)10-13-21)18-23-16-22-14-11-20(3)15-25(22)29-28(23)35/h9-16,24,26H,4-8,17-18H2,1-3H3,(H,29,35). The summed E-state index contributed by atoms with van der Waals surface area (Å²) in [6, 6.07) is 17.2. The molecule has 0 amide bonds. The third kappa shape index (κ3) is 5.05. The highest BCUT2D eigenvalue weighted by atomic mass is 16.1. The highest BCUT2D eigenvalue weighted by molar-refractivity contribution is 5.79. The van der Waals surface area contributed by atoms with Gasteiger partial charge in [0.15, 0.2) is 5.82 Å². The number of aryl methyl sites for hydroxylation is 2. The maximum Gasteiger partial charge on any atom is 0.252 e. The predicted octanol–water partition coefficient (Wildman–Crippen LogP) is 5.40. The molecule has 0 spiro atoms. The maximum absolute atomic E-state index is 13.1. The minimum atomic E-state index is -0.0396. The molecule has 182 valence electrons. The second kappa shape index (κ2) is 10.1. The van der Waals surface area contributed by atoms with Gasteiger partial charge in [0.25, 0.3) is 5.56 Å². The number of aromatic nitrogens is 5. The molecule has 1 aliphatic rings. The van der Waals surface area contributed by atoms with Gasteiger partial charge in [-0.05, 0) is 72.2 Å². The van der Waals surface area contributed by atoms with Crippen molar-refractivity contribution in [2.45, 2.75) is 78.0 Å². The number of hydrogen-bond donors (Lipinski definition) is 1. The third-order valence-corrected chi connectivity index (χ3v) is 7.27. The SMILES string of the molecule is CCC(c1nnnn1C1CCCC1)N(Cc1ccc(C)cc1)Cc1cc2ccc(C)cc2[nH]c1=O. The Morgan fingerprint density at radius 2 is 1.77 bits per heavy atom. The molecule has 2 heterocycles. The van der Waals surface area contributed by atoms with E-state index in [1.54, 1.807) is 0 Å². The normalized spacial score (nSPS) is 15.3. The largest absolute Gasteiger partial charge is 0.322 e. The minimum Gasteiger partial charge on any atom is -0.322 e. The number of fused-ring (bicyclic) bond motifs is 1. The highest BCUT2D eigenvalue weighted by Crippen LogP contribution is 2.33. The van der Waals surface area contributed by atoms with Gasteiger partial charge in [-0.15, -0.1) is 5.10 Å². The van der Waals surface area contributed by atoms with Crippen molar-refractivity contribution in [3.63, 3.8) is 0 Å². The highest BCUT2D eigenvalue weighted by Gasteiger charge is 2.29. The quantitative estimate of drug-likeness (QED) is 0.373. The van der Waals surface area contributed by atoms with Gasteiger partial charge in [-0.3, -0.25) is 9.69 Å². The van der Waals surface area contributed by atoms with Crippen LogP contribution in [-0.4, -0.2) is 30.1 Å². The van der Waals surface area contributed by atoms with Crippen molar-refractivity contribution in [3.8, 4) is 0 Å². The fourth-order valence-electron chi connectivity index (χ4n) is 5.33. The minimum absolute atomic E-state index is 0.0000165. The van der Waals surface area contributed by atoms with Crippen LogP contribution in [0.15, 0.2) is 53.3 Å². The lowest BCUT2D eigenvalue weighted by Crippen LogP contribution is -2.32. The Labute approximate surface area is 206 Å². The van der Waals surface area contributed by atoms with Crippen LogP contribution in [0.4, 0.5) is 0 Å². The van der Waals surface area contributed by atoms with Crippen LogP contribution in [0.3, 0.4) is 0 Å². The molecule has 2 aromatic heterocycles. The molecular formula is C28H34N6O. The van der Waals surface area contributed by atoms with Crippen LogP contribution in [0.25, 0.3) is 10.9 Å². The van der Waals surface area contributed by atoms with Crippen LogP contribution in [0.1, 0.15) is 79.2 Å². The maximum atomic E-state index is 13.1. The number of nitrogens with zero attached hydrogens (tertiary/aromatic N) is 5. The molecule has 4 aromatic rings. The lowest BCUT2D eigenvalue weighted by molar-refractivity contribution is 0.158. The van der Waals surface area contributed by atoms with E-state index in [0.29, 0.717) is 19.1 Å². The average Bonchev–Trinajstić information content (AvgIpc) is 3.54. The van der Waals surface area contributed by atoms with Crippen LogP contribution in [0.5, 0.6) is 0 Å². The number of pyridine rings is 1. The van der Waals surface area contributed by atoms with E-state index in [4.69, 9.17) is 0 Å². The van der Waals surface area contributed by atoms with Gasteiger partial charge in [0.05, 0.1) is 12.1 Å². The molecule has 5 rings (SSSR count). The summed E-state index contributed by atoms with van der Waals surface area (Å²) in [4.78, 5) is 18.6.